The fourth-order valence-corrected chi connectivity index (χ4v) is 2.62. The minimum atomic E-state index is -4.00. The molecular weight excluding hydrogens is 276 g/mol. The van der Waals surface area contributed by atoms with Crippen LogP contribution in [0.15, 0.2) is 0 Å². The van der Waals surface area contributed by atoms with Gasteiger partial charge >= 0.3 is 6.18 Å². The zero-order valence-electron chi connectivity index (χ0n) is 9.55. The van der Waals surface area contributed by atoms with Crippen LogP contribution in [0.4, 0.5) is 13.2 Å². The van der Waals surface area contributed by atoms with E-state index in [4.69, 9.17) is 0 Å². The van der Waals surface area contributed by atoms with Gasteiger partial charge in [0.15, 0.2) is 0 Å². The largest absolute Gasteiger partial charge is 0.390 e. The van der Waals surface area contributed by atoms with Crippen LogP contribution in [-0.2, 0) is 0 Å². The van der Waals surface area contributed by atoms with Gasteiger partial charge in [0.2, 0.25) is 0 Å². The van der Waals surface area contributed by atoms with Gasteiger partial charge in [-0.05, 0) is 31.3 Å². The van der Waals surface area contributed by atoms with Crippen LogP contribution in [0, 0.1) is 5.41 Å². The zero-order chi connectivity index (χ0) is 10.9. The highest BCUT2D eigenvalue weighted by Crippen LogP contribution is 2.39. The van der Waals surface area contributed by atoms with Crippen molar-refractivity contribution in [2.24, 2.45) is 5.41 Å². The third kappa shape index (κ3) is 4.81. The second-order valence-corrected chi connectivity index (χ2v) is 4.83. The summed E-state index contributed by atoms with van der Waals surface area (Å²) in [7, 11) is 0. The lowest BCUT2D eigenvalue weighted by atomic mass is 9.72. The first-order valence-electron chi connectivity index (χ1n) is 5.49. The highest BCUT2D eigenvalue weighted by atomic mass is 35.5. The van der Waals surface area contributed by atoms with Crippen LogP contribution >= 0.6 is 24.8 Å². The van der Waals surface area contributed by atoms with Crippen molar-refractivity contribution in [1.29, 1.82) is 0 Å². The molecule has 0 aromatic rings. The van der Waals surface area contributed by atoms with E-state index < -0.39 is 12.6 Å². The molecule has 2 fully saturated rings. The quantitative estimate of drug-likeness (QED) is 0.842. The first-order chi connectivity index (χ1) is 6.99. The summed E-state index contributed by atoms with van der Waals surface area (Å²) >= 11 is 0. The van der Waals surface area contributed by atoms with E-state index in [9.17, 15) is 13.2 Å². The molecule has 17 heavy (non-hydrogen) atoms. The van der Waals surface area contributed by atoms with Crippen molar-refractivity contribution in [3.8, 4) is 0 Å². The standard InChI is InChI=1S/C10H17F3N2.2ClH/c11-10(12,13)3-6-15-7-9(8-15)1-4-14-5-2-9;;/h14H,1-8H2;2*1H. The minimum Gasteiger partial charge on any atom is -0.317 e. The maximum Gasteiger partial charge on any atom is 0.390 e. The Labute approximate surface area is 112 Å². The first-order valence-corrected chi connectivity index (χ1v) is 5.49. The molecule has 0 aromatic carbocycles. The second-order valence-electron chi connectivity index (χ2n) is 4.83. The predicted molar refractivity (Wildman–Crippen MR) is 66.1 cm³/mol. The molecule has 0 amide bonds. The molecule has 7 heteroatoms. The molecule has 2 saturated heterocycles. The Kier molecular flexibility index (Phi) is 6.56. The number of alkyl halides is 3. The zero-order valence-corrected chi connectivity index (χ0v) is 11.2. The van der Waals surface area contributed by atoms with Gasteiger partial charge in [0, 0.05) is 19.6 Å². The molecule has 2 nitrogen and oxygen atoms in total. The molecule has 2 aliphatic rings. The number of nitrogens with zero attached hydrogens (tertiary/aromatic N) is 1. The fraction of sp³-hybridized carbons (Fsp3) is 1.00. The average molecular weight is 295 g/mol. The molecule has 0 atom stereocenters. The van der Waals surface area contributed by atoms with Crippen molar-refractivity contribution in [2.45, 2.75) is 25.4 Å². The van der Waals surface area contributed by atoms with Gasteiger partial charge in [0.1, 0.15) is 0 Å². The number of hydrogen-bond acceptors (Lipinski definition) is 2. The third-order valence-electron chi connectivity index (χ3n) is 3.49. The van der Waals surface area contributed by atoms with E-state index >= 15 is 0 Å². The summed E-state index contributed by atoms with van der Waals surface area (Å²) in [5.41, 5.74) is 0.344. The predicted octanol–water partition coefficient (Wildman–Crippen LogP) is 2.47. The molecular formula is C10H19Cl2F3N2. The summed E-state index contributed by atoms with van der Waals surface area (Å²) in [6, 6.07) is 0. The maximum absolute atomic E-state index is 12.0. The van der Waals surface area contributed by atoms with E-state index in [0.29, 0.717) is 5.41 Å². The van der Waals surface area contributed by atoms with Crippen molar-refractivity contribution >= 4 is 24.8 Å². The minimum absolute atomic E-state index is 0. The van der Waals surface area contributed by atoms with Crippen LogP contribution < -0.4 is 5.32 Å². The van der Waals surface area contributed by atoms with Gasteiger partial charge in [0.25, 0.3) is 0 Å². The van der Waals surface area contributed by atoms with E-state index in [0.717, 1.165) is 39.0 Å². The molecule has 104 valence electrons. The Morgan fingerprint density at radius 1 is 1.06 bits per heavy atom. The van der Waals surface area contributed by atoms with Gasteiger partial charge in [-0.2, -0.15) is 13.2 Å². The number of piperidine rings is 1. The Balaban J connectivity index is 0.00000128. The molecule has 1 spiro atoms. The third-order valence-corrected chi connectivity index (χ3v) is 3.49. The van der Waals surface area contributed by atoms with Crippen molar-refractivity contribution in [3.05, 3.63) is 0 Å². The van der Waals surface area contributed by atoms with Crippen LogP contribution in [0.1, 0.15) is 19.3 Å². The fourth-order valence-electron chi connectivity index (χ4n) is 2.62. The molecule has 2 aliphatic heterocycles. The van der Waals surface area contributed by atoms with Crippen LogP contribution in [0.3, 0.4) is 0 Å². The van der Waals surface area contributed by atoms with Gasteiger partial charge in [-0.25, -0.2) is 0 Å². The van der Waals surface area contributed by atoms with Crippen LogP contribution in [-0.4, -0.2) is 43.8 Å². The number of halogens is 5. The summed E-state index contributed by atoms with van der Waals surface area (Å²) in [6.07, 6.45) is -2.43. The highest BCUT2D eigenvalue weighted by molar-refractivity contribution is 5.85. The molecule has 0 radical (unpaired) electrons. The summed E-state index contributed by atoms with van der Waals surface area (Å²) < 4.78 is 35.9. The lowest BCUT2D eigenvalue weighted by Gasteiger charge is -2.52. The molecule has 2 rings (SSSR count). The molecule has 1 N–H and O–H groups in total. The second kappa shape index (κ2) is 6.45. The summed E-state index contributed by atoms with van der Waals surface area (Å²) in [5.74, 6) is 0. The molecule has 2 heterocycles. The van der Waals surface area contributed by atoms with Gasteiger partial charge in [-0.15, -0.1) is 24.8 Å². The van der Waals surface area contributed by atoms with E-state index in [1.807, 2.05) is 4.90 Å². The monoisotopic (exact) mass is 294 g/mol. The Bertz CT molecular complexity index is 222. The van der Waals surface area contributed by atoms with Crippen LogP contribution in [0.5, 0.6) is 0 Å². The first kappa shape index (κ1) is 17.3. The van der Waals surface area contributed by atoms with Crippen molar-refractivity contribution in [2.75, 3.05) is 32.7 Å². The Morgan fingerprint density at radius 3 is 2.06 bits per heavy atom. The van der Waals surface area contributed by atoms with E-state index in [2.05, 4.69) is 5.32 Å². The lowest BCUT2D eigenvalue weighted by Crippen LogP contribution is -2.60. The highest BCUT2D eigenvalue weighted by Gasteiger charge is 2.43. The summed E-state index contributed by atoms with van der Waals surface area (Å²) in [4.78, 5) is 1.93. The van der Waals surface area contributed by atoms with Crippen molar-refractivity contribution in [1.82, 2.24) is 10.2 Å². The van der Waals surface area contributed by atoms with E-state index in [1.54, 1.807) is 0 Å². The molecule has 0 aliphatic carbocycles. The normalized spacial score (nSPS) is 23.5. The van der Waals surface area contributed by atoms with Gasteiger partial charge < -0.3 is 10.2 Å². The number of likely N-dealkylation sites (tertiary alicyclic amines) is 1. The van der Waals surface area contributed by atoms with Crippen LogP contribution in [0.2, 0.25) is 0 Å². The van der Waals surface area contributed by atoms with Crippen molar-refractivity contribution < 1.29 is 13.2 Å². The molecule has 0 bridgehead atoms. The van der Waals surface area contributed by atoms with Crippen LogP contribution in [0.25, 0.3) is 0 Å². The Morgan fingerprint density at radius 2 is 1.59 bits per heavy atom. The maximum atomic E-state index is 12.0. The van der Waals surface area contributed by atoms with E-state index in [1.165, 1.54) is 0 Å². The van der Waals surface area contributed by atoms with E-state index in [-0.39, 0.29) is 31.4 Å². The number of hydrogen-bond donors (Lipinski definition) is 1. The van der Waals surface area contributed by atoms with Gasteiger partial charge in [-0.3, -0.25) is 0 Å². The summed E-state index contributed by atoms with van der Waals surface area (Å²) in [6.45, 7) is 3.95. The average Bonchev–Trinajstić information content (AvgIpc) is 2.11. The SMILES string of the molecule is Cl.Cl.FC(F)(F)CCN1CC2(CCNCC2)C1. The Hall–Kier alpha value is 0.290. The smallest absolute Gasteiger partial charge is 0.317 e. The number of rotatable bonds is 2. The van der Waals surface area contributed by atoms with Gasteiger partial charge in [-0.1, -0.05) is 0 Å². The molecule has 0 saturated carbocycles. The topological polar surface area (TPSA) is 15.3 Å². The molecule has 0 aromatic heterocycles. The van der Waals surface area contributed by atoms with Crippen molar-refractivity contribution in [3.63, 3.8) is 0 Å². The summed E-state index contributed by atoms with van der Waals surface area (Å²) in [5, 5.41) is 3.28. The van der Waals surface area contributed by atoms with Gasteiger partial charge in [0.05, 0.1) is 6.42 Å². The molecule has 0 unspecified atom stereocenters. The lowest BCUT2D eigenvalue weighted by molar-refractivity contribution is -0.146. The number of nitrogens with one attached hydrogen (secondary N) is 1.